The van der Waals surface area contributed by atoms with Gasteiger partial charge in [-0.2, -0.15) is 31.4 Å². The van der Waals surface area contributed by atoms with Crippen molar-refractivity contribution in [1.29, 1.82) is 0 Å². The molecule has 3 rings (SSSR count). The lowest BCUT2D eigenvalue weighted by atomic mass is 10.2. The molecule has 0 aromatic carbocycles. The first-order valence-electron chi connectivity index (χ1n) is 10.2. The Bertz CT molecular complexity index is 955. The smallest absolute Gasteiger partial charge is 0.434 e. The maximum Gasteiger partial charge on any atom is 0.434 e. The van der Waals surface area contributed by atoms with Crippen LogP contribution in [0.3, 0.4) is 0 Å². The summed E-state index contributed by atoms with van der Waals surface area (Å²) in [5.41, 5.74) is -1.87. The fourth-order valence-corrected chi connectivity index (χ4v) is 3.41. The predicted molar refractivity (Wildman–Crippen MR) is 105 cm³/mol. The Balaban J connectivity index is 1.62. The highest BCUT2D eigenvalue weighted by atomic mass is 19.4. The predicted octanol–water partition coefficient (Wildman–Crippen LogP) is 2.42. The number of amides is 1. The normalized spacial score (nSPS) is 15.6. The van der Waals surface area contributed by atoms with Gasteiger partial charge in [0.25, 0.3) is 5.91 Å². The monoisotopic (exact) mass is 496 g/mol. The van der Waals surface area contributed by atoms with Crippen LogP contribution in [0.1, 0.15) is 22.5 Å². The first-order valence-corrected chi connectivity index (χ1v) is 10.2. The van der Waals surface area contributed by atoms with Crippen LogP contribution in [0.15, 0.2) is 18.3 Å². The van der Waals surface area contributed by atoms with Crippen molar-refractivity contribution < 1.29 is 40.6 Å². The summed E-state index contributed by atoms with van der Waals surface area (Å²) < 4.78 is 87.6. The Hall–Kier alpha value is -2.94. The van der Waals surface area contributed by atoms with Gasteiger partial charge in [-0.15, -0.1) is 10.2 Å². The minimum atomic E-state index is -4.89. The van der Waals surface area contributed by atoms with Crippen LogP contribution in [0.25, 0.3) is 5.82 Å². The van der Waals surface area contributed by atoms with E-state index in [2.05, 4.69) is 20.0 Å². The SMILES string of the molecule is COc1ccc(-n2ncc(C(=O)N3CCN(CCCOCC(F)(F)F)CC3)c2C(F)(F)F)nn1. The highest BCUT2D eigenvalue weighted by molar-refractivity contribution is 5.95. The first-order chi connectivity index (χ1) is 16.0. The zero-order chi connectivity index (χ0) is 24.9. The Morgan fingerprint density at radius 1 is 1.06 bits per heavy atom. The summed E-state index contributed by atoms with van der Waals surface area (Å²) in [6, 6.07) is 2.55. The van der Waals surface area contributed by atoms with E-state index >= 15 is 0 Å². The maximum absolute atomic E-state index is 13.8. The van der Waals surface area contributed by atoms with Gasteiger partial charge in [0, 0.05) is 45.4 Å². The molecule has 0 unspecified atom stereocenters. The van der Waals surface area contributed by atoms with Crippen LogP contribution in [0.5, 0.6) is 5.88 Å². The van der Waals surface area contributed by atoms with Gasteiger partial charge in [-0.05, 0) is 12.5 Å². The Morgan fingerprint density at radius 3 is 2.32 bits per heavy atom. The highest BCUT2D eigenvalue weighted by Crippen LogP contribution is 2.34. The van der Waals surface area contributed by atoms with E-state index in [1.54, 1.807) is 0 Å². The van der Waals surface area contributed by atoms with Crippen molar-refractivity contribution in [3.8, 4) is 11.7 Å². The second-order valence-corrected chi connectivity index (χ2v) is 7.41. The minimum absolute atomic E-state index is 0.0684. The molecule has 0 aliphatic carbocycles. The van der Waals surface area contributed by atoms with Gasteiger partial charge in [-0.1, -0.05) is 0 Å². The van der Waals surface area contributed by atoms with Gasteiger partial charge >= 0.3 is 12.4 Å². The topological polar surface area (TPSA) is 85.6 Å². The Kier molecular flexibility index (Phi) is 7.97. The lowest BCUT2D eigenvalue weighted by Gasteiger charge is -2.34. The van der Waals surface area contributed by atoms with Gasteiger partial charge in [0.05, 0.1) is 18.9 Å². The number of alkyl halides is 6. The lowest BCUT2D eigenvalue weighted by Crippen LogP contribution is -2.49. The van der Waals surface area contributed by atoms with Crippen LogP contribution < -0.4 is 4.74 Å². The minimum Gasteiger partial charge on any atom is -0.480 e. The van der Waals surface area contributed by atoms with Crippen LogP contribution >= 0.6 is 0 Å². The number of hydrogen-bond donors (Lipinski definition) is 0. The summed E-state index contributed by atoms with van der Waals surface area (Å²) in [5, 5.41) is 11.0. The molecule has 2 aromatic heterocycles. The van der Waals surface area contributed by atoms with Crippen molar-refractivity contribution >= 4 is 5.91 Å². The number of aromatic nitrogens is 4. The molecule has 0 radical (unpaired) electrons. The number of methoxy groups -OCH3 is 1. The van der Waals surface area contributed by atoms with E-state index in [9.17, 15) is 31.1 Å². The molecule has 1 fully saturated rings. The molecular weight excluding hydrogens is 474 g/mol. The van der Waals surface area contributed by atoms with Gasteiger partial charge in [-0.25, -0.2) is 4.68 Å². The summed E-state index contributed by atoms with van der Waals surface area (Å²) in [6.07, 6.45) is -8.06. The van der Waals surface area contributed by atoms with Crippen LogP contribution in [-0.2, 0) is 10.9 Å². The third-order valence-corrected chi connectivity index (χ3v) is 5.01. The molecule has 0 spiro atoms. The number of ether oxygens (including phenoxy) is 2. The van der Waals surface area contributed by atoms with Crippen molar-refractivity contribution in [3.05, 3.63) is 29.6 Å². The van der Waals surface area contributed by atoms with Crippen molar-refractivity contribution in [1.82, 2.24) is 29.8 Å². The molecule has 1 amide bonds. The molecular formula is C19H22F6N6O3. The van der Waals surface area contributed by atoms with Crippen molar-refractivity contribution in [2.24, 2.45) is 0 Å². The molecule has 3 heterocycles. The highest BCUT2D eigenvalue weighted by Gasteiger charge is 2.42. The summed E-state index contributed by atoms with van der Waals surface area (Å²) in [7, 11) is 1.33. The zero-order valence-electron chi connectivity index (χ0n) is 18.1. The molecule has 9 nitrogen and oxygen atoms in total. The number of hydrogen-bond acceptors (Lipinski definition) is 7. The molecule has 0 saturated carbocycles. The number of nitrogens with zero attached hydrogens (tertiary/aromatic N) is 6. The molecule has 1 aliphatic heterocycles. The number of rotatable bonds is 8. The van der Waals surface area contributed by atoms with Crippen LogP contribution in [0.2, 0.25) is 0 Å². The number of carbonyl (C=O) groups is 1. The van der Waals surface area contributed by atoms with Crippen LogP contribution in [0, 0.1) is 0 Å². The van der Waals surface area contributed by atoms with Crippen LogP contribution in [-0.4, -0.2) is 94.9 Å². The molecule has 0 bridgehead atoms. The van der Waals surface area contributed by atoms with E-state index in [-0.39, 0.29) is 31.4 Å². The molecule has 0 N–H and O–H groups in total. The third kappa shape index (κ3) is 6.56. The summed E-state index contributed by atoms with van der Waals surface area (Å²) >= 11 is 0. The van der Waals surface area contributed by atoms with E-state index < -0.39 is 36.1 Å². The Labute approximate surface area is 190 Å². The average Bonchev–Trinajstić information content (AvgIpc) is 3.24. The van der Waals surface area contributed by atoms with E-state index in [1.165, 1.54) is 24.1 Å². The fraction of sp³-hybridized carbons (Fsp3) is 0.579. The third-order valence-electron chi connectivity index (χ3n) is 5.01. The fourth-order valence-electron chi connectivity index (χ4n) is 3.41. The first kappa shape index (κ1) is 25.7. The molecule has 34 heavy (non-hydrogen) atoms. The molecule has 188 valence electrons. The largest absolute Gasteiger partial charge is 0.480 e. The molecule has 2 aromatic rings. The standard InChI is InChI=1S/C19H22F6N6O3/c1-33-15-4-3-14(27-28-15)31-16(19(23,24)25)13(11-26-31)17(32)30-8-6-29(7-9-30)5-2-10-34-12-18(20,21)22/h3-4,11H,2,5-10,12H2,1H3. The Morgan fingerprint density at radius 2 is 1.76 bits per heavy atom. The average molecular weight is 496 g/mol. The van der Waals surface area contributed by atoms with Gasteiger partial charge in [0.2, 0.25) is 5.88 Å². The van der Waals surface area contributed by atoms with E-state index in [1.807, 2.05) is 4.90 Å². The molecule has 0 atom stereocenters. The summed E-state index contributed by atoms with van der Waals surface area (Å²) in [4.78, 5) is 16.1. The van der Waals surface area contributed by atoms with E-state index in [0.29, 0.717) is 30.7 Å². The van der Waals surface area contributed by atoms with Crippen molar-refractivity contribution in [2.45, 2.75) is 18.8 Å². The molecule has 1 saturated heterocycles. The molecule has 1 aliphatic rings. The summed E-state index contributed by atoms with van der Waals surface area (Å²) in [5.74, 6) is -0.955. The lowest BCUT2D eigenvalue weighted by molar-refractivity contribution is -0.174. The zero-order valence-corrected chi connectivity index (χ0v) is 18.1. The van der Waals surface area contributed by atoms with Crippen molar-refractivity contribution in [3.63, 3.8) is 0 Å². The van der Waals surface area contributed by atoms with Crippen molar-refractivity contribution in [2.75, 3.05) is 53.0 Å². The van der Waals surface area contributed by atoms with Gasteiger partial charge < -0.3 is 14.4 Å². The number of carbonyl (C=O) groups excluding carboxylic acids is 1. The molecule has 15 heteroatoms. The number of halogens is 6. The van der Waals surface area contributed by atoms with Gasteiger partial charge in [0.1, 0.15) is 6.61 Å². The quantitative estimate of drug-likeness (QED) is 0.410. The number of piperazine rings is 1. The van der Waals surface area contributed by atoms with E-state index in [0.717, 1.165) is 6.20 Å². The van der Waals surface area contributed by atoms with E-state index in [4.69, 9.17) is 4.74 Å². The maximum atomic E-state index is 13.8. The van der Waals surface area contributed by atoms with Crippen LogP contribution in [0.4, 0.5) is 26.3 Å². The van der Waals surface area contributed by atoms with Gasteiger partial charge in [0.15, 0.2) is 11.5 Å². The second kappa shape index (κ2) is 10.5. The second-order valence-electron chi connectivity index (χ2n) is 7.41. The summed E-state index contributed by atoms with van der Waals surface area (Å²) in [6.45, 7) is 0.116. The van der Waals surface area contributed by atoms with Gasteiger partial charge in [-0.3, -0.25) is 9.69 Å².